The molecule has 2 aromatic carbocycles. The van der Waals surface area contributed by atoms with E-state index in [9.17, 15) is 13.2 Å². The first-order valence-corrected chi connectivity index (χ1v) is 12.3. The topological polar surface area (TPSA) is 87.0 Å². The molecule has 0 unspecified atom stereocenters. The van der Waals surface area contributed by atoms with Crippen molar-refractivity contribution in [2.75, 3.05) is 26.1 Å². The van der Waals surface area contributed by atoms with Crippen LogP contribution in [0.1, 0.15) is 13.3 Å². The van der Waals surface area contributed by atoms with Crippen molar-refractivity contribution in [2.45, 2.75) is 24.8 Å². The molecule has 0 fully saturated rings. The molecule has 0 bridgehead atoms. The number of hydrogen-bond donors (Lipinski definition) is 0. The van der Waals surface area contributed by atoms with E-state index in [0.717, 1.165) is 10.2 Å². The maximum Gasteiger partial charge on any atom is 0.251 e. The number of fused-ring (bicyclic) bond motifs is 1. The third-order valence-corrected chi connectivity index (χ3v) is 6.45. The Balaban J connectivity index is 1.85. The van der Waals surface area contributed by atoms with Gasteiger partial charge in [0, 0.05) is 19.4 Å². The van der Waals surface area contributed by atoms with E-state index >= 15 is 0 Å². The van der Waals surface area contributed by atoms with Crippen molar-refractivity contribution in [3.63, 3.8) is 0 Å². The predicted molar refractivity (Wildman–Crippen MR) is 117 cm³/mol. The van der Waals surface area contributed by atoms with Crippen molar-refractivity contribution in [1.29, 1.82) is 0 Å². The van der Waals surface area contributed by atoms with E-state index < -0.39 is 9.84 Å². The highest BCUT2D eigenvalue weighted by Crippen LogP contribution is 2.22. The van der Waals surface area contributed by atoms with Gasteiger partial charge in [-0.15, -0.1) is 0 Å². The molecule has 0 saturated heterocycles. The van der Waals surface area contributed by atoms with Crippen molar-refractivity contribution in [2.24, 2.45) is 4.99 Å². The first-order chi connectivity index (χ1) is 14.4. The maximum absolute atomic E-state index is 12.4. The summed E-state index contributed by atoms with van der Waals surface area (Å²) in [7, 11) is -3.32. The third kappa shape index (κ3) is 5.78. The van der Waals surface area contributed by atoms with Crippen LogP contribution in [0.25, 0.3) is 10.2 Å². The predicted octanol–water partition coefficient (Wildman–Crippen LogP) is 3.04. The van der Waals surface area contributed by atoms with E-state index in [2.05, 4.69) is 4.99 Å². The molecule has 0 aliphatic heterocycles. The highest BCUT2D eigenvalue weighted by molar-refractivity contribution is 7.90. The second-order valence-electron chi connectivity index (χ2n) is 6.55. The van der Waals surface area contributed by atoms with Gasteiger partial charge in [0.15, 0.2) is 14.6 Å². The molecule has 0 N–H and O–H groups in total. The highest BCUT2D eigenvalue weighted by Gasteiger charge is 2.13. The minimum absolute atomic E-state index is 0.142. The molecule has 3 rings (SSSR count). The normalized spacial score (nSPS) is 12.4. The monoisotopic (exact) mass is 448 g/mol. The molecule has 0 aliphatic rings. The molecule has 160 valence electrons. The summed E-state index contributed by atoms with van der Waals surface area (Å²) in [4.78, 5) is 17.4. The van der Waals surface area contributed by atoms with E-state index in [-0.39, 0.29) is 23.8 Å². The summed E-state index contributed by atoms with van der Waals surface area (Å²) in [6.07, 6.45) is 1.32. The van der Waals surface area contributed by atoms with Gasteiger partial charge in [-0.1, -0.05) is 29.5 Å². The third-order valence-electron chi connectivity index (χ3n) is 4.29. The van der Waals surface area contributed by atoms with Crippen LogP contribution in [0.5, 0.6) is 5.75 Å². The van der Waals surface area contributed by atoms with Crippen LogP contribution < -0.4 is 9.54 Å². The minimum atomic E-state index is -3.32. The zero-order chi connectivity index (χ0) is 21.6. The summed E-state index contributed by atoms with van der Waals surface area (Å²) in [6.45, 7) is 3.71. The van der Waals surface area contributed by atoms with Gasteiger partial charge in [0.25, 0.3) is 5.91 Å². The molecular formula is C21H24N2O5S2. The standard InChI is InChI=1S/C21H24N2O5S2/c1-3-27-14-12-23-18-10-9-17(30(2,25)26)15-19(18)29-21(23)22-20(24)11-13-28-16-7-5-4-6-8-16/h4-10,15H,3,11-14H2,1-2H3. The first kappa shape index (κ1) is 22.2. The lowest BCUT2D eigenvalue weighted by Gasteiger charge is -2.06. The number of rotatable bonds is 9. The molecule has 1 amide bonds. The average Bonchev–Trinajstić information content (AvgIpc) is 3.04. The summed E-state index contributed by atoms with van der Waals surface area (Å²) in [6, 6.07) is 14.2. The van der Waals surface area contributed by atoms with E-state index in [1.807, 2.05) is 41.8 Å². The van der Waals surface area contributed by atoms with Gasteiger partial charge in [0.05, 0.1) is 34.7 Å². The number of para-hydroxylation sites is 1. The van der Waals surface area contributed by atoms with Gasteiger partial charge in [0.1, 0.15) is 5.75 Å². The molecule has 0 aliphatic carbocycles. The van der Waals surface area contributed by atoms with Crippen LogP contribution >= 0.6 is 11.3 Å². The number of aromatic nitrogens is 1. The quantitative estimate of drug-likeness (QED) is 0.470. The fourth-order valence-corrected chi connectivity index (χ4v) is 4.66. The number of amides is 1. The number of ether oxygens (including phenoxy) is 2. The molecular weight excluding hydrogens is 424 g/mol. The Labute approximate surface area is 179 Å². The van der Waals surface area contributed by atoms with Gasteiger partial charge >= 0.3 is 0 Å². The Morgan fingerprint density at radius 1 is 1.13 bits per heavy atom. The molecule has 1 heterocycles. The first-order valence-electron chi connectivity index (χ1n) is 9.55. The number of benzene rings is 2. The molecule has 3 aromatic rings. The van der Waals surface area contributed by atoms with E-state index in [1.165, 1.54) is 17.6 Å². The van der Waals surface area contributed by atoms with Gasteiger partial charge < -0.3 is 14.0 Å². The van der Waals surface area contributed by atoms with Gasteiger partial charge in [0.2, 0.25) is 0 Å². The highest BCUT2D eigenvalue weighted by atomic mass is 32.2. The number of carbonyl (C=O) groups excluding carboxylic acids is 1. The van der Waals surface area contributed by atoms with Crippen LogP contribution in [0.3, 0.4) is 0 Å². The van der Waals surface area contributed by atoms with Crippen molar-refractivity contribution in [3.05, 3.63) is 53.3 Å². The fraction of sp³-hybridized carbons (Fsp3) is 0.333. The molecule has 9 heteroatoms. The largest absolute Gasteiger partial charge is 0.493 e. The van der Waals surface area contributed by atoms with Crippen LogP contribution in [0.2, 0.25) is 0 Å². The molecule has 0 atom stereocenters. The summed E-state index contributed by atoms with van der Waals surface area (Å²) in [5, 5.41) is 0. The average molecular weight is 449 g/mol. The SMILES string of the molecule is CCOCCn1c(=NC(=O)CCOc2ccccc2)sc2cc(S(C)(=O)=O)ccc21. The van der Waals surface area contributed by atoms with Crippen LogP contribution in [0.4, 0.5) is 0 Å². The Morgan fingerprint density at radius 2 is 1.90 bits per heavy atom. The van der Waals surface area contributed by atoms with Crippen molar-refractivity contribution >= 4 is 37.3 Å². The Hall–Kier alpha value is -2.49. The lowest BCUT2D eigenvalue weighted by atomic mass is 10.3. The zero-order valence-corrected chi connectivity index (χ0v) is 18.5. The van der Waals surface area contributed by atoms with Crippen molar-refractivity contribution in [3.8, 4) is 5.75 Å². The van der Waals surface area contributed by atoms with E-state index in [0.29, 0.717) is 30.3 Å². The summed E-state index contributed by atoms with van der Waals surface area (Å²) < 4.78 is 37.4. The zero-order valence-electron chi connectivity index (χ0n) is 16.9. The molecule has 30 heavy (non-hydrogen) atoms. The lowest BCUT2D eigenvalue weighted by Crippen LogP contribution is -2.20. The van der Waals surface area contributed by atoms with E-state index in [4.69, 9.17) is 9.47 Å². The van der Waals surface area contributed by atoms with Gasteiger partial charge in [-0.05, 0) is 37.3 Å². The minimum Gasteiger partial charge on any atom is -0.493 e. The van der Waals surface area contributed by atoms with Crippen LogP contribution in [0.15, 0.2) is 58.4 Å². The van der Waals surface area contributed by atoms with Crippen LogP contribution in [-0.2, 0) is 25.9 Å². The molecule has 0 saturated carbocycles. The van der Waals surface area contributed by atoms with Crippen molar-refractivity contribution < 1.29 is 22.7 Å². The Kier molecular flexibility index (Phi) is 7.41. The number of thiazole rings is 1. The maximum atomic E-state index is 12.4. The molecule has 0 radical (unpaired) electrons. The van der Waals surface area contributed by atoms with Gasteiger partial charge in [-0.2, -0.15) is 4.99 Å². The van der Waals surface area contributed by atoms with Crippen molar-refractivity contribution in [1.82, 2.24) is 4.57 Å². The molecule has 0 spiro atoms. The smallest absolute Gasteiger partial charge is 0.251 e. The number of sulfone groups is 1. The Bertz CT molecular complexity index is 1180. The Morgan fingerprint density at radius 3 is 2.60 bits per heavy atom. The fourth-order valence-electron chi connectivity index (χ4n) is 2.82. The van der Waals surface area contributed by atoms with E-state index in [1.54, 1.807) is 18.2 Å². The number of carbonyl (C=O) groups is 1. The van der Waals surface area contributed by atoms with Crippen LogP contribution in [0, 0.1) is 0 Å². The number of hydrogen-bond acceptors (Lipinski definition) is 6. The second kappa shape index (κ2) is 10.0. The van der Waals surface area contributed by atoms with Gasteiger partial charge in [-0.3, -0.25) is 4.79 Å². The summed E-state index contributed by atoms with van der Waals surface area (Å²) in [5.74, 6) is 0.401. The van der Waals surface area contributed by atoms with Crippen LogP contribution in [-0.4, -0.2) is 45.0 Å². The summed E-state index contributed by atoms with van der Waals surface area (Å²) in [5.41, 5.74) is 0.819. The lowest BCUT2D eigenvalue weighted by molar-refractivity contribution is -0.118. The molecule has 7 nitrogen and oxygen atoms in total. The second-order valence-corrected chi connectivity index (χ2v) is 9.58. The number of nitrogens with zero attached hydrogens (tertiary/aromatic N) is 2. The summed E-state index contributed by atoms with van der Waals surface area (Å²) >= 11 is 1.29. The van der Waals surface area contributed by atoms with Gasteiger partial charge in [-0.25, -0.2) is 8.42 Å². The molecule has 1 aromatic heterocycles.